The van der Waals surface area contributed by atoms with Crippen molar-refractivity contribution < 1.29 is 58.1 Å². The van der Waals surface area contributed by atoms with Crippen LogP contribution in [0.1, 0.15) is 376 Å². The van der Waals surface area contributed by atoms with Crippen molar-refractivity contribution in [2.75, 3.05) is 52.6 Å². The van der Waals surface area contributed by atoms with Gasteiger partial charge in [0, 0.05) is 93.7 Å². The van der Waals surface area contributed by atoms with Gasteiger partial charge < -0.3 is 57.2 Å². The molecule has 1 unspecified atom stereocenters. The Morgan fingerprint density at radius 2 is 0.781 bits per heavy atom. The van der Waals surface area contributed by atoms with Gasteiger partial charge in [0.1, 0.15) is 17.3 Å². The molecule has 0 aliphatic carbocycles. The highest BCUT2D eigenvalue weighted by Crippen LogP contribution is 2.30. The van der Waals surface area contributed by atoms with Gasteiger partial charge in [-0.25, -0.2) is 0 Å². The molecule has 1 rings (SSSR count). The number of unbranched alkanes of at least 4 members (excludes halogenated alkanes) is 3. The Labute approximate surface area is 704 Å². The van der Waals surface area contributed by atoms with E-state index in [2.05, 4.69) is 198 Å². The summed E-state index contributed by atoms with van der Waals surface area (Å²) in [5.41, 5.74) is 5.38. The minimum Gasteiger partial charge on any atom is -0.395 e. The Hall–Kier alpha value is -4.72. The highest BCUT2D eigenvalue weighted by atomic mass is 19.1. The number of aromatic nitrogens is 1. The van der Waals surface area contributed by atoms with Gasteiger partial charge in [-0.05, 0) is 156 Å². The highest BCUT2D eigenvalue weighted by molar-refractivity contribution is 5.82. The van der Waals surface area contributed by atoms with E-state index in [0.29, 0.717) is 117 Å². The number of nitrogens with one attached hydrogen (secondary N) is 5. The van der Waals surface area contributed by atoms with E-state index in [1.165, 1.54) is 19.3 Å². The van der Waals surface area contributed by atoms with E-state index in [1.54, 1.807) is 33.9 Å². The molecule has 0 saturated heterocycles. The first-order valence-electron chi connectivity index (χ1n) is 44.0. The third-order valence-corrected chi connectivity index (χ3v) is 20.1. The Morgan fingerprint density at radius 1 is 0.430 bits per heavy atom. The quantitative estimate of drug-likeness (QED) is 0.0294. The summed E-state index contributed by atoms with van der Waals surface area (Å²) in [5.74, 6) is 6.91. The number of alkyl halides is 1. The molecule has 682 valence electrons. The van der Waals surface area contributed by atoms with Crippen molar-refractivity contribution in [3.8, 4) is 0 Å². The fraction of sp³-hybridized carbons (Fsp3) is 0.863. The van der Waals surface area contributed by atoms with Crippen LogP contribution in [-0.2, 0) is 44.9 Å². The van der Waals surface area contributed by atoms with Crippen LogP contribution in [0, 0.1) is 101 Å². The van der Waals surface area contributed by atoms with Gasteiger partial charge in [-0.1, -0.05) is 278 Å². The molecule has 0 aliphatic heterocycles. The first-order chi connectivity index (χ1) is 52.0. The highest BCUT2D eigenvalue weighted by Gasteiger charge is 2.28. The number of nitrogens with zero attached hydrogens (tertiary/aromatic N) is 1. The molecule has 1 aromatic heterocycles. The lowest BCUT2D eigenvalue weighted by Gasteiger charge is -2.27. The fourth-order valence-corrected chi connectivity index (χ4v) is 13.0. The number of halogens is 1. The molecular weight excluding hydrogens is 1430 g/mol. The maximum atomic E-state index is 12.9. The lowest BCUT2D eigenvalue weighted by atomic mass is 9.78. The monoisotopic (exact) mass is 1630 g/mol. The molecule has 1 heterocycles. The van der Waals surface area contributed by atoms with E-state index in [4.69, 9.17) is 15.9 Å². The van der Waals surface area contributed by atoms with Crippen molar-refractivity contribution in [2.45, 2.75) is 383 Å². The molecule has 0 spiro atoms. The van der Waals surface area contributed by atoms with E-state index in [9.17, 15) is 47.9 Å². The smallest absolute Gasteiger partial charge is 0.223 e. The summed E-state index contributed by atoms with van der Waals surface area (Å²) in [6, 6.07) is 5.73. The lowest BCUT2D eigenvalue weighted by molar-refractivity contribution is -0.128. The molecule has 5 amide bonds. The van der Waals surface area contributed by atoms with Crippen LogP contribution in [0.15, 0.2) is 24.4 Å². The number of pyridine rings is 1. The van der Waals surface area contributed by atoms with E-state index >= 15 is 0 Å². The number of aliphatic hydroxyl groups excluding tert-OH is 2. The summed E-state index contributed by atoms with van der Waals surface area (Å²) in [6.45, 7) is 61.7. The zero-order valence-electron chi connectivity index (χ0n) is 77.3. The van der Waals surface area contributed by atoms with Crippen molar-refractivity contribution in [3.63, 3.8) is 0 Å². The number of carbonyl (C=O) groups is 8. The number of hydrogen-bond acceptors (Lipinski definition) is 13. The number of amides is 5. The van der Waals surface area contributed by atoms with E-state index in [-0.39, 0.29) is 113 Å². The first-order valence-corrected chi connectivity index (χ1v) is 44.0. The van der Waals surface area contributed by atoms with Crippen LogP contribution in [0.25, 0.3) is 0 Å². The molecule has 0 radical (unpaired) electrons. The minimum absolute atomic E-state index is 0. The maximum absolute atomic E-state index is 12.9. The molecule has 0 aliphatic rings. The van der Waals surface area contributed by atoms with Crippen LogP contribution in [-0.4, -0.2) is 125 Å². The van der Waals surface area contributed by atoms with Crippen LogP contribution in [0.2, 0.25) is 0 Å². The number of hydrogen-bond donors (Lipinski definition) is 9. The predicted molar refractivity (Wildman–Crippen MR) is 488 cm³/mol. The minimum atomic E-state index is -0.830. The first kappa shape index (κ1) is 130. The third-order valence-electron chi connectivity index (χ3n) is 20.1. The van der Waals surface area contributed by atoms with Crippen LogP contribution >= 0.6 is 0 Å². The number of nitrogens with two attached hydrogens (primary N) is 1. The van der Waals surface area contributed by atoms with Crippen molar-refractivity contribution in [1.29, 1.82) is 0 Å². The van der Waals surface area contributed by atoms with E-state index < -0.39 is 5.60 Å². The number of Topliss-reactive ketones (excluding diaryl/α,β-unsaturated/α-hetero) is 3. The molecule has 10 N–H and O–H groups in total. The standard InChI is InChI=1S/C14H22N2O.C13H25FO.C12H25NO2.C12H24O.C11H23NO2.C10H22N2O.C10H21NO2.C10H20O.3CH4/c1-4-7-13(11(2)3)14(17)16-10-12-8-5-6-9-15-12;1-5-6-7-13(10(2)3)12(9-14)8-11(4)15;1-6-7-10(9(2)3)11(14)13-8-12(4,5)15;1-5-6-7-12(10(2)3)9-8-11(4)13;1-4-5-6-10(9(2)3)11(14)12-7-8-13;1-4-5-9(8(2)3)10(13)12-7-6-11;1-4-5-9(8(2)3)10(13)11-6-7-12;1-5-7-9(8(3)4)10(11)6-2;;;/h5-6,8-9,11,13H,4,7,10H2,1-3H3,(H,16,17);10,12-13H,5-9H2,1-4H3;9-10,15H,6-8H2,1-5H3,(H,13,14);10,12H,5-9H2,1-4H3;9-10,13H,4-8H2,1-3H3,(H,12,14);8-9H,4-7,11H2,1-3H3,(H,12,13);8-9,12H,4-7H2,1-3H3,(H,11,13);8-9H,5-7H2,1-4H3;3*1H4/t13-;12?,13-;10-;12-;10-;3*9-;;;/m10110111.../s1. The van der Waals surface area contributed by atoms with Gasteiger partial charge in [-0.3, -0.25) is 38.1 Å². The van der Waals surface area contributed by atoms with Gasteiger partial charge in [0.2, 0.25) is 29.5 Å². The average molecular weight is 1630 g/mol. The molecule has 9 atom stereocenters. The number of aliphatic hydroxyl groups is 3. The molecule has 19 heteroatoms. The van der Waals surface area contributed by atoms with Crippen molar-refractivity contribution in [2.24, 2.45) is 106 Å². The molecule has 0 saturated carbocycles. The summed E-state index contributed by atoms with van der Waals surface area (Å²) >= 11 is 0. The van der Waals surface area contributed by atoms with Crippen molar-refractivity contribution in [3.05, 3.63) is 30.1 Å². The van der Waals surface area contributed by atoms with Gasteiger partial charge in [0.05, 0.1) is 37.7 Å². The van der Waals surface area contributed by atoms with E-state index in [1.807, 2.05) is 25.1 Å². The molecule has 0 aromatic carbocycles. The van der Waals surface area contributed by atoms with Gasteiger partial charge in [0.25, 0.3) is 0 Å². The summed E-state index contributed by atoms with van der Waals surface area (Å²) < 4.78 is 12.9. The van der Waals surface area contributed by atoms with Crippen LogP contribution in [0.4, 0.5) is 4.39 Å². The SMILES string of the molecule is C.C.C.CCCC[C@@H](C(C)C)C(CF)CC(C)=O.CCCC[C@H](C(=O)NCCO)C(C)C.CCCC[C@H](CCC(C)=O)C(C)C.CCC[C@@H](C(=O)CC)C(C)C.CCC[C@@H](C(=O)NCC(C)(C)O)C(C)C.CCC[C@@H](C(=O)NCCN)C(C)C.CCC[C@@H](C(=O)NCCO)C(C)C.CCC[C@@H](C(=O)NCc1ccccn1)C(C)C. The zero-order valence-corrected chi connectivity index (χ0v) is 77.3. The van der Waals surface area contributed by atoms with Crippen molar-refractivity contribution >= 4 is 46.9 Å². The fourth-order valence-electron chi connectivity index (χ4n) is 13.0. The summed E-state index contributed by atoms with van der Waals surface area (Å²) in [5, 5.41) is 40.7. The van der Waals surface area contributed by atoms with Crippen LogP contribution < -0.4 is 32.3 Å². The summed E-state index contributed by atoms with van der Waals surface area (Å²) in [7, 11) is 0. The second-order valence-electron chi connectivity index (χ2n) is 33.9. The second kappa shape index (κ2) is 84.7. The maximum Gasteiger partial charge on any atom is 0.223 e. The molecule has 1 aromatic rings. The number of ketones is 3. The second-order valence-corrected chi connectivity index (χ2v) is 33.9. The largest absolute Gasteiger partial charge is 0.395 e. The zero-order chi connectivity index (χ0) is 87.2. The van der Waals surface area contributed by atoms with Gasteiger partial charge >= 0.3 is 0 Å². The summed E-state index contributed by atoms with van der Waals surface area (Å²) in [4.78, 5) is 95.9. The van der Waals surface area contributed by atoms with E-state index in [0.717, 1.165) is 133 Å². The van der Waals surface area contributed by atoms with Crippen LogP contribution in [0.3, 0.4) is 0 Å². The average Bonchev–Trinajstić information content (AvgIpc) is 0.900. The molecule has 0 bridgehead atoms. The lowest BCUT2D eigenvalue weighted by Crippen LogP contribution is -2.42. The molecule has 0 fully saturated rings. The normalized spacial score (nSPS) is 13.1. The number of carbonyl (C=O) groups excluding carboxylic acids is 8. The van der Waals surface area contributed by atoms with Gasteiger partial charge in [0.15, 0.2) is 0 Å². The Morgan fingerprint density at radius 3 is 1.07 bits per heavy atom. The number of rotatable bonds is 51. The van der Waals surface area contributed by atoms with Crippen LogP contribution in [0.5, 0.6) is 0 Å². The molecular formula is C95H194FN7O11. The molecule has 114 heavy (non-hydrogen) atoms. The Balaban J connectivity index is -0.000000135. The predicted octanol–water partition coefficient (Wildman–Crippen LogP) is 21.4. The van der Waals surface area contributed by atoms with Crippen molar-refractivity contribution in [1.82, 2.24) is 31.6 Å². The summed E-state index contributed by atoms with van der Waals surface area (Å²) in [6.07, 6.45) is 25.1. The molecule has 18 nitrogen and oxygen atoms in total. The van der Waals surface area contributed by atoms with Gasteiger partial charge in [-0.2, -0.15) is 0 Å². The third kappa shape index (κ3) is 76.0. The topological polar surface area (TPSA) is 296 Å². The Kier molecular flexibility index (Phi) is 96.6. The Bertz CT molecular complexity index is 2330. The van der Waals surface area contributed by atoms with Gasteiger partial charge in [-0.15, -0.1) is 0 Å².